The average molecular weight is 439 g/mol. The zero-order valence-corrected chi connectivity index (χ0v) is 17.8. The minimum Gasteiger partial charge on any atom is -0.508 e. The van der Waals surface area contributed by atoms with Crippen LogP contribution in [0.4, 0.5) is 4.39 Å². The van der Waals surface area contributed by atoms with Gasteiger partial charge in [-0.1, -0.05) is 6.07 Å². The first-order valence-corrected chi connectivity index (χ1v) is 10.3. The van der Waals surface area contributed by atoms with E-state index in [0.717, 1.165) is 34.1 Å². The number of halogens is 1. The van der Waals surface area contributed by atoms with Crippen LogP contribution in [0.2, 0.25) is 0 Å². The highest BCUT2D eigenvalue weighted by atomic mass is 19.1. The molecule has 0 saturated carbocycles. The molecule has 4 heterocycles. The molecule has 0 bridgehead atoms. The molecule has 3 N–H and O–H groups in total. The number of rotatable bonds is 3. The van der Waals surface area contributed by atoms with Crippen molar-refractivity contribution in [1.82, 2.24) is 34.7 Å². The van der Waals surface area contributed by atoms with E-state index in [1.807, 2.05) is 36.9 Å². The summed E-state index contributed by atoms with van der Waals surface area (Å²) < 4.78 is 15.9. The van der Waals surface area contributed by atoms with E-state index < -0.39 is 5.82 Å². The van der Waals surface area contributed by atoms with Crippen LogP contribution in [-0.4, -0.2) is 39.8 Å². The van der Waals surface area contributed by atoms with Gasteiger partial charge in [-0.15, -0.1) is 0 Å². The van der Waals surface area contributed by atoms with Gasteiger partial charge >= 0.3 is 0 Å². The first-order valence-electron chi connectivity index (χ1n) is 10.3. The molecule has 0 amide bonds. The molecular formula is C24H18FN7O. The van der Waals surface area contributed by atoms with Crippen LogP contribution in [0.15, 0.2) is 54.9 Å². The van der Waals surface area contributed by atoms with E-state index in [2.05, 4.69) is 31.2 Å². The van der Waals surface area contributed by atoms with Crippen molar-refractivity contribution in [1.29, 1.82) is 0 Å². The van der Waals surface area contributed by atoms with E-state index >= 15 is 0 Å². The van der Waals surface area contributed by atoms with Gasteiger partial charge in [0.05, 0.1) is 17.4 Å². The van der Waals surface area contributed by atoms with Crippen LogP contribution in [0.3, 0.4) is 0 Å². The van der Waals surface area contributed by atoms with Gasteiger partial charge in [-0.05, 0) is 42.8 Å². The fourth-order valence-electron chi connectivity index (χ4n) is 4.11. The Hall–Kier alpha value is -4.53. The summed E-state index contributed by atoms with van der Waals surface area (Å²) in [6.07, 6.45) is 3.47. The number of phenolic OH excluding ortho intramolecular Hbond substituents is 1. The molecule has 6 aromatic rings. The summed E-state index contributed by atoms with van der Waals surface area (Å²) >= 11 is 0. The van der Waals surface area contributed by atoms with Gasteiger partial charge in [0, 0.05) is 35.8 Å². The lowest BCUT2D eigenvalue weighted by Gasteiger charge is -2.04. The number of pyridine rings is 1. The largest absolute Gasteiger partial charge is 0.508 e. The van der Waals surface area contributed by atoms with Crippen LogP contribution in [0.5, 0.6) is 5.75 Å². The fourth-order valence-corrected chi connectivity index (χ4v) is 4.11. The Bertz CT molecular complexity index is 1660. The van der Waals surface area contributed by atoms with Gasteiger partial charge in [0.15, 0.2) is 11.5 Å². The van der Waals surface area contributed by atoms with Gasteiger partial charge < -0.3 is 14.7 Å². The Kier molecular flexibility index (Phi) is 4.06. The molecule has 33 heavy (non-hydrogen) atoms. The maximum Gasteiger partial charge on any atom is 0.160 e. The van der Waals surface area contributed by atoms with E-state index in [4.69, 9.17) is 4.98 Å². The van der Waals surface area contributed by atoms with Crippen LogP contribution in [0.25, 0.3) is 56.0 Å². The van der Waals surface area contributed by atoms with Gasteiger partial charge in [-0.2, -0.15) is 5.10 Å². The Labute approximate surface area is 186 Å². The van der Waals surface area contributed by atoms with Crippen molar-refractivity contribution in [3.05, 3.63) is 66.5 Å². The predicted molar refractivity (Wildman–Crippen MR) is 123 cm³/mol. The van der Waals surface area contributed by atoms with Gasteiger partial charge in [-0.25, -0.2) is 19.3 Å². The summed E-state index contributed by atoms with van der Waals surface area (Å²) in [5.41, 5.74) is 5.81. The Morgan fingerprint density at radius 3 is 2.70 bits per heavy atom. The normalized spacial score (nSPS) is 11.6. The lowest BCUT2D eigenvalue weighted by atomic mass is 10.1. The summed E-state index contributed by atoms with van der Waals surface area (Å²) in [7, 11) is 1.98. The molecule has 0 fully saturated rings. The Morgan fingerprint density at radius 2 is 1.91 bits per heavy atom. The van der Waals surface area contributed by atoms with Crippen LogP contribution in [0, 0.1) is 12.7 Å². The number of H-pyrrole nitrogens is 2. The molecule has 0 aliphatic carbocycles. The van der Waals surface area contributed by atoms with E-state index in [-0.39, 0.29) is 5.75 Å². The number of hydrogen-bond acceptors (Lipinski definition) is 5. The van der Waals surface area contributed by atoms with Crippen LogP contribution in [-0.2, 0) is 7.05 Å². The van der Waals surface area contributed by atoms with Gasteiger partial charge in [0.2, 0.25) is 0 Å². The number of aromatic amines is 2. The summed E-state index contributed by atoms with van der Waals surface area (Å²) in [6, 6.07) is 11.7. The summed E-state index contributed by atoms with van der Waals surface area (Å²) in [5.74, 6) is 0.788. The van der Waals surface area contributed by atoms with E-state index in [0.29, 0.717) is 33.8 Å². The standard InChI is InChI=1S/C24H18FN7O/c1-12-27-11-20(32(12)2)13-3-4-19-18(9-13)22(31-30-19)24-28-21-17(5-6-26-23(21)29-24)14-7-15(25)10-16(33)8-14/h3-11,33H,1-2H3,(H,30,31)(H,26,28,29). The van der Waals surface area contributed by atoms with Gasteiger partial charge in [-0.3, -0.25) is 5.10 Å². The molecule has 0 spiro atoms. The minimum absolute atomic E-state index is 0.151. The molecule has 9 heteroatoms. The molecule has 4 aromatic heterocycles. The number of fused-ring (bicyclic) bond motifs is 2. The number of nitrogens with one attached hydrogen (secondary N) is 2. The second kappa shape index (κ2) is 6.99. The summed E-state index contributed by atoms with van der Waals surface area (Å²) in [5, 5.41) is 18.3. The maximum absolute atomic E-state index is 13.9. The molecule has 0 aliphatic heterocycles. The van der Waals surface area contributed by atoms with Crippen molar-refractivity contribution in [3.8, 4) is 39.7 Å². The zero-order chi connectivity index (χ0) is 22.7. The molecule has 0 atom stereocenters. The predicted octanol–water partition coefficient (Wildman–Crippen LogP) is 4.72. The topological polar surface area (TPSA) is 108 Å². The second-order valence-electron chi connectivity index (χ2n) is 7.92. The van der Waals surface area contributed by atoms with Crippen molar-refractivity contribution in [2.45, 2.75) is 6.92 Å². The Balaban J connectivity index is 1.52. The molecule has 6 rings (SSSR count). The van der Waals surface area contributed by atoms with Crippen LogP contribution < -0.4 is 0 Å². The van der Waals surface area contributed by atoms with Gasteiger partial charge in [0.1, 0.15) is 28.6 Å². The lowest BCUT2D eigenvalue weighted by molar-refractivity contribution is 0.469. The monoisotopic (exact) mass is 439 g/mol. The van der Waals surface area contributed by atoms with E-state index in [1.54, 1.807) is 12.3 Å². The third kappa shape index (κ3) is 3.05. The summed E-state index contributed by atoms with van der Waals surface area (Å²) in [6.45, 7) is 1.96. The SMILES string of the molecule is Cc1ncc(-c2ccc3[nH]nc(-c4nc5c(-c6cc(O)cc(F)c6)ccnc5[nH]4)c3c2)n1C. The zero-order valence-electron chi connectivity index (χ0n) is 17.8. The highest BCUT2D eigenvalue weighted by molar-refractivity contribution is 5.97. The number of aryl methyl sites for hydroxylation is 1. The molecule has 0 aliphatic rings. The Morgan fingerprint density at radius 1 is 1.03 bits per heavy atom. The van der Waals surface area contributed by atoms with Crippen molar-refractivity contribution in [3.63, 3.8) is 0 Å². The molecule has 0 unspecified atom stereocenters. The first-order chi connectivity index (χ1) is 16.0. The molecule has 0 saturated heterocycles. The number of aromatic hydroxyl groups is 1. The van der Waals surface area contributed by atoms with Crippen LogP contribution >= 0.6 is 0 Å². The van der Waals surface area contributed by atoms with E-state index in [9.17, 15) is 9.50 Å². The number of aromatic nitrogens is 7. The third-order valence-corrected chi connectivity index (χ3v) is 5.88. The maximum atomic E-state index is 13.9. The number of phenols is 1. The number of nitrogens with zero attached hydrogens (tertiary/aromatic N) is 5. The van der Waals surface area contributed by atoms with Crippen molar-refractivity contribution in [2.24, 2.45) is 7.05 Å². The molecule has 162 valence electrons. The fraction of sp³-hybridized carbons (Fsp3) is 0.0833. The second-order valence-corrected chi connectivity index (χ2v) is 7.92. The number of benzene rings is 2. The van der Waals surface area contributed by atoms with Gasteiger partial charge in [0.25, 0.3) is 0 Å². The highest BCUT2D eigenvalue weighted by Gasteiger charge is 2.17. The average Bonchev–Trinajstić information content (AvgIpc) is 3.49. The van der Waals surface area contributed by atoms with Crippen molar-refractivity contribution < 1.29 is 9.50 Å². The number of imidazole rings is 2. The summed E-state index contributed by atoms with van der Waals surface area (Å²) in [4.78, 5) is 16.7. The lowest BCUT2D eigenvalue weighted by Crippen LogP contribution is -1.94. The smallest absolute Gasteiger partial charge is 0.160 e. The first kappa shape index (κ1) is 19.2. The molecule has 2 aromatic carbocycles. The minimum atomic E-state index is -0.526. The quantitative estimate of drug-likeness (QED) is 0.370. The highest BCUT2D eigenvalue weighted by Crippen LogP contribution is 2.33. The molecule has 0 radical (unpaired) electrons. The third-order valence-electron chi connectivity index (χ3n) is 5.88. The van der Waals surface area contributed by atoms with Crippen LogP contribution in [0.1, 0.15) is 5.82 Å². The molecular weight excluding hydrogens is 421 g/mol. The van der Waals surface area contributed by atoms with Crippen molar-refractivity contribution in [2.75, 3.05) is 0 Å². The van der Waals surface area contributed by atoms with E-state index in [1.165, 1.54) is 12.1 Å². The molecule has 8 nitrogen and oxygen atoms in total. The van der Waals surface area contributed by atoms with Crippen molar-refractivity contribution >= 4 is 22.1 Å². The number of hydrogen-bond donors (Lipinski definition) is 3.